The predicted molar refractivity (Wildman–Crippen MR) is 359 cm³/mol. The number of hydrogen-bond acceptors (Lipinski definition) is 16. The van der Waals surface area contributed by atoms with E-state index < -0.39 is 66.1 Å². The Labute approximate surface area is 562 Å². The van der Waals surface area contributed by atoms with Crippen LogP contribution in [-0.2, 0) is 82.6 Å². The number of ketones is 3. The zero-order valence-corrected chi connectivity index (χ0v) is 60.2. The number of likely N-dealkylation sites (tertiary alicyclic amines) is 1. The number of aromatic nitrogens is 3. The quantitative estimate of drug-likeness (QED) is 0.0163. The lowest BCUT2D eigenvalue weighted by Gasteiger charge is -2.41. The van der Waals surface area contributed by atoms with Crippen LogP contribution in [0.1, 0.15) is 143 Å². The Bertz CT molecular complexity index is 2660. The number of azide groups is 1. The Hall–Kier alpha value is -5.41. The van der Waals surface area contributed by atoms with Crippen molar-refractivity contribution in [2.45, 2.75) is 193 Å². The molecule has 0 aliphatic carbocycles. The van der Waals surface area contributed by atoms with E-state index >= 15 is 0 Å². The maximum Gasteiger partial charge on any atom is 0.312 e. The number of carbonyl (C=O) groups is 8. The number of nitrogens with one attached hydrogen (secondary N) is 3. The fourth-order valence-electron chi connectivity index (χ4n) is 12.3. The summed E-state index contributed by atoms with van der Waals surface area (Å²) in [6.07, 6.45) is 1.42. The second-order valence-electron chi connectivity index (χ2n) is 25.6. The number of rotatable bonds is 46. The summed E-state index contributed by atoms with van der Waals surface area (Å²) in [6.45, 7) is 19.5. The molecule has 1 aromatic carbocycles. The third-order valence-corrected chi connectivity index (χ3v) is 18.6. The lowest BCUT2D eigenvalue weighted by Crippen LogP contribution is -2.54. The van der Waals surface area contributed by atoms with Crippen LogP contribution in [0.3, 0.4) is 0 Å². The van der Waals surface area contributed by atoms with E-state index in [0.29, 0.717) is 68.2 Å². The first-order valence-corrected chi connectivity index (χ1v) is 34.7. The van der Waals surface area contributed by atoms with E-state index in [2.05, 4.69) is 68.0 Å². The van der Waals surface area contributed by atoms with Gasteiger partial charge < -0.3 is 50.4 Å². The summed E-state index contributed by atoms with van der Waals surface area (Å²) >= 11 is 6.83. The van der Waals surface area contributed by atoms with Gasteiger partial charge in [0.1, 0.15) is 5.78 Å². The van der Waals surface area contributed by atoms with Gasteiger partial charge in [-0.2, -0.15) is 15.0 Å². The number of methoxy groups -OCH3 is 2. The van der Waals surface area contributed by atoms with Gasteiger partial charge in [0.25, 0.3) is 0 Å². The van der Waals surface area contributed by atoms with Crippen LogP contribution >= 0.6 is 31.9 Å². The number of hydrogen-bond donors (Lipinski definition) is 4. The second-order valence-corrected chi connectivity index (χ2v) is 26.7. The lowest BCUT2D eigenvalue weighted by molar-refractivity contribution is -0.149. The van der Waals surface area contributed by atoms with Crippen molar-refractivity contribution >= 4 is 78.9 Å². The molecule has 2 heterocycles. The number of alkyl halides is 2. The highest BCUT2D eigenvalue weighted by molar-refractivity contribution is 9.09. The molecule has 1 aliphatic heterocycles. The van der Waals surface area contributed by atoms with Gasteiger partial charge in [0.15, 0.2) is 11.6 Å². The highest BCUT2D eigenvalue weighted by atomic mass is 79.9. The molecule has 25 nitrogen and oxygen atoms in total. The molecule has 27 heteroatoms. The number of likely N-dealkylation sites (N-methyl/N-ethyl adjacent to an activating group) is 2. The van der Waals surface area contributed by atoms with Crippen LogP contribution in [0.5, 0.6) is 0 Å². The minimum atomic E-state index is -0.943. The number of nitrogens with zero attached hydrogens (tertiary/aromatic N) is 9. The van der Waals surface area contributed by atoms with Gasteiger partial charge in [0.05, 0.1) is 93.1 Å². The van der Waals surface area contributed by atoms with Crippen molar-refractivity contribution < 1.29 is 57.3 Å². The summed E-state index contributed by atoms with van der Waals surface area (Å²) in [5.41, 5.74) is 17.8. The van der Waals surface area contributed by atoms with Crippen LogP contribution in [-0.4, -0.2) is 201 Å². The number of carbonyl (C=O) groups excluding carboxylic acids is 8. The molecule has 1 aliphatic rings. The maximum atomic E-state index is 14.6. The summed E-state index contributed by atoms with van der Waals surface area (Å²) in [5, 5.41) is 22.4. The summed E-state index contributed by atoms with van der Waals surface area (Å²) in [5.74, 6) is -4.01. The smallest absolute Gasteiger partial charge is 0.312 e. The van der Waals surface area contributed by atoms with Gasteiger partial charge in [-0.1, -0.05) is 130 Å². The van der Waals surface area contributed by atoms with Crippen LogP contribution in [0.15, 0.2) is 29.4 Å². The number of benzene rings is 1. The van der Waals surface area contributed by atoms with E-state index in [0.717, 1.165) is 17.0 Å². The molecular formula is C65H107Br2N13O12. The normalized spacial score (nSPS) is 16.7. The van der Waals surface area contributed by atoms with E-state index in [1.807, 2.05) is 86.5 Å². The van der Waals surface area contributed by atoms with Crippen molar-refractivity contribution in [3.8, 4) is 0 Å². The first-order chi connectivity index (χ1) is 43.7. The summed E-state index contributed by atoms with van der Waals surface area (Å²) in [4.78, 5) is 120. The number of nitrogens with two attached hydrogens (primary N) is 1. The molecule has 6 amide bonds. The number of halogens is 2. The molecule has 0 spiro atoms. The topological polar surface area (TPSA) is 325 Å². The van der Waals surface area contributed by atoms with Crippen molar-refractivity contribution in [2.24, 2.45) is 52.3 Å². The van der Waals surface area contributed by atoms with E-state index in [-0.39, 0.29) is 136 Å². The second kappa shape index (κ2) is 42.1. The highest BCUT2D eigenvalue weighted by Crippen LogP contribution is 2.32. The number of Topliss-reactive ketones (excluding diaryl/α,β-unsaturated/α-hetero) is 3. The van der Waals surface area contributed by atoms with Crippen molar-refractivity contribution in [2.75, 3.05) is 81.4 Å². The first kappa shape index (κ1) is 80.8. The lowest BCUT2D eigenvalue weighted by atomic mass is 9.83. The predicted octanol–water partition coefficient (Wildman–Crippen LogP) is 7.54. The standard InChI is InChI=1S/C65H107Br2N13O12/c1-15-43(8)60(78(12)64(87)50(41(4)5)35-56(83)59(42(6)7)77(10)11)57(89-13)36-58(84)79-26-17-19-54(79)61(90-14)44(9)62(85)72-47(39-71-76-69)32-45-20-22-46(23-21-45)33-55(82)51(18-16-25-70-65(68)88)73-63(86)49(40(2)3)34-48(81)24-28-91-30-31-92-29-27-80-74-52(37-66)53(38-67)75-80/h20-23,40-44,47,49-51,54,57,59-61H,15-19,24-39H2,1-14H3,(H,72,85)(H,73,86)(H3,68,70,88)/t43-,44+,47-,49-,50-,51-,54-,57+,59-,60-,61+/m0/s1. The maximum absolute atomic E-state index is 14.6. The average molecular weight is 1420 g/mol. The molecule has 3 rings (SSSR count). The molecule has 2 aromatic rings. The Morgan fingerprint density at radius 1 is 0.793 bits per heavy atom. The monoisotopic (exact) mass is 1420 g/mol. The molecule has 0 saturated carbocycles. The molecule has 1 fully saturated rings. The summed E-state index contributed by atoms with van der Waals surface area (Å²) in [6, 6.07) is 3.60. The van der Waals surface area contributed by atoms with Gasteiger partial charge >= 0.3 is 6.03 Å². The van der Waals surface area contributed by atoms with Gasteiger partial charge in [-0.05, 0) is 86.5 Å². The van der Waals surface area contributed by atoms with Gasteiger partial charge in [0, 0.05) is 100 Å². The van der Waals surface area contributed by atoms with Gasteiger partial charge in [-0.15, -0.1) is 0 Å². The van der Waals surface area contributed by atoms with E-state index in [4.69, 9.17) is 24.7 Å². The third kappa shape index (κ3) is 26.1. The van der Waals surface area contributed by atoms with Crippen molar-refractivity contribution in [1.29, 1.82) is 0 Å². The molecule has 0 bridgehead atoms. The average Bonchev–Trinajstić information content (AvgIpc) is 1.37. The molecule has 1 saturated heterocycles. The summed E-state index contributed by atoms with van der Waals surface area (Å²) < 4.78 is 23.5. The number of urea groups is 1. The minimum absolute atomic E-state index is 0.0121. The Balaban J connectivity index is 1.67. The largest absolute Gasteiger partial charge is 0.379 e. The third-order valence-electron chi connectivity index (χ3n) is 17.6. The fraction of sp³-hybridized carbons (Fsp3) is 0.754. The van der Waals surface area contributed by atoms with Crippen molar-refractivity contribution in [3.05, 3.63) is 57.2 Å². The molecule has 0 unspecified atom stereocenters. The van der Waals surface area contributed by atoms with Crippen molar-refractivity contribution in [3.63, 3.8) is 0 Å². The first-order valence-electron chi connectivity index (χ1n) is 32.5. The highest BCUT2D eigenvalue weighted by Gasteiger charge is 2.44. The van der Waals surface area contributed by atoms with E-state index in [1.54, 1.807) is 47.8 Å². The number of ether oxygens (including phenoxy) is 4. The van der Waals surface area contributed by atoms with Gasteiger partial charge in [-0.3, -0.25) is 38.5 Å². The Morgan fingerprint density at radius 2 is 1.41 bits per heavy atom. The van der Waals surface area contributed by atoms with Crippen LogP contribution in [0.4, 0.5) is 4.79 Å². The molecule has 92 heavy (non-hydrogen) atoms. The van der Waals surface area contributed by atoms with Crippen LogP contribution in [0.2, 0.25) is 0 Å². The minimum Gasteiger partial charge on any atom is -0.379 e. The van der Waals surface area contributed by atoms with Crippen LogP contribution in [0.25, 0.3) is 10.4 Å². The van der Waals surface area contributed by atoms with Crippen LogP contribution in [0, 0.1) is 41.4 Å². The van der Waals surface area contributed by atoms with Gasteiger partial charge in [-0.25, -0.2) is 4.79 Å². The Kier molecular flexibility index (Phi) is 37.0. The van der Waals surface area contributed by atoms with E-state index in [9.17, 15) is 43.9 Å². The van der Waals surface area contributed by atoms with Gasteiger partial charge in [0.2, 0.25) is 23.6 Å². The van der Waals surface area contributed by atoms with E-state index in [1.165, 1.54) is 7.11 Å². The summed E-state index contributed by atoms with van der Waals surface area (Å²) in [7, 11) is 8.56. The SMILES string of the molecule is CC[C@H](C)[C@@H]([C@@H](CC(=O)N1CCC[C@H]1[C@H](OC)[C@@H](C)C(=O)N[C@H](CN=[N+]=[N-])Cc1ccc(CC(=O)[C@H](CCCNC(N)=O)NC(=O)[C@@H](CC(=O)CCOCCOCCn2nc(CBr)c(CBr)n2)C(C)C)cc1)OC)N(C)C(=O)[C@@H](CC(=O)[C@H](C(C)C)N(C)C)C(C)C. The number of amides is 6. The molecular weight excluding hydrogens is 1310 g/mol. The molecule has 5 N–H and O–H groups in total. The zero-order chi connectivity index (χ0) is 68.8. The molecule has 11 atom stereocenters. The zero-order valence-electron chi connectivity index (χ0n) is 57.0. The fourth-order valence-corrected chi connectivity index (χ4v) is 13.1. The molecule has 518 valence electrons. The number of primary amides is 1. The molecule has 1 aromatic heterocycles. The Morgan fingerprint density at radius 3 is 1.96 bits per heavy atom. The van der Waals surface area contributed by atoms with Crippen molar-refractivity contribution in [1.82, 2.24) is 45.6 Å². The van der Waals surface area contributed by atoms with Crippen LogP contribution < -0.4 is 21.7 Å². The molecule has 0 radical (unpaired) electrons.